The number of phenols is 1. The van der Waals surface area contributed by atoms with Gasteiger partial charge in [0, 0.05) is 21.9 Å². The van der Waals surface area contributed by atoms with E-state index < -0.39 is 0 Å². The lowest BCUT2D eigenvalue weighted by molar-refractivity contribution is 0.439. The van der Waals surface area contributed by atoms with Crippen molar-refractivity contribution in [3.05, 3.63) is 100 Å². The Hall–Kier alpha value is -3.16. The first-order chi connectivity index (χ1) is 15.5. The minimum atomic E-state index is -0.250. The standard InChI is InChI=1S/C25H20BrN3O2S/c1-15-5-10-18(19(26)14-15)21-11-12-22(31-21)24-23(20-4-2-3-13-27-20)28-25(32)29(24)16-6-8-17(30)9-7-16/h2-14,23-24,30H,1H3,(H,28,32)/t23-,24+/m1/s1. The van der Waals surface area contributed by atoms with Gasteiger partial charge in [-0.05, 0) is 85.4 Å². The monoisotopic (exact) mass is 505 g/mol. The Balaban J connectivity index is 1.60. The van der Waals surface area contributed by atoms with Crippen LogP contribution in [0.25, 0.3) is 11.3 Å². The highest BCUT2D eigenvalue weighted by molar-refractivity contribution is 9.10. The molecule has 2 aromatic carbocycles. The second-order valence-corrected chi connectivity index (χ2v) is 8.94. The number of benzene rings is 2. The molecule has 4 aromatic rings. The van der Waals surface area contributed by atoms with E-state index in [2.05, 4.69) is 45.3 Å². The number of pyridine rings is 1. The van der Waals surface area contributed by atoms with Crippen LogP contribution < -0.4 is 10.2 Å². The van der Waals surface area contributed by atoms with Crippen LogP contribution in [0.1, 0.15) is 29.1 Å². The largest absolute Gasteiger partial charge is 0.508 e. The molecule has 0 spiro atoms. The van der Waals surface area contributed by atoms with Gasteiger partial charge < -0.3 is 19.7 Å². The topological polar surface area (TPSA) is 61.5 Å². The molecule has 1 fully saturated rings. The first-order valence-corrected chi connectivity index (χ1v) is 11.4. The first kappa shape index (κ1) is 20.7. The number of anilines is 1. The number of halogens is 1. The second kappa shape index (κ2) is 8.41. The molecule has 1 aliphatic heterocycles. The Kier molecular flexibility index (Phi) is 5.45. The average molecular weight is 506 g/mol. The third-order valence-electron chi connectivity index (χ3n) is 5.53. The average Bonchev–Trinajstić information content (AvgIpc) is 3.39. The summed E-state index contributed by atoms with van der Waals surface area (Å²) in [7, 11) is 0. The molecule has 1 saturated heterocycles. The fourth-order valence-electron chi connectivity index (χ4n) is 4.01. The van der Waals surface area contributed by atoms with Crippen molar-refractivity contribution in [2.45, 2.75) is 19.0 Å². The number of nitrogens with one attached hydrogen (secondary N) is 1. The third kappa shape index (κ3) is 3.78. The van der Waals surface area contributed by atoms with Crippen molar-refractivity contribution in [3.63, 3.8) is 0 Å². The Bertz CT molecular complexity index is 1270. The quantitative estimate of drug-likeness (QED) is 0.317. The van der Waals surface area contributed by atoms with E-state index in [1.807, 2.05) is 53.4 Å². The predicted molar refractivity (Wildman–Crippen MR) is 133 cm³/mol. The normalized spacial score (nSPS) is 18.1. The number of aryl methyl sites for hydroxylation is 1. The van der Waals surface area contributed by atoms with Gasteiger partial charge in [0.25, 0.3) is 0 Å². The fraction of sp³-hybridized carbons (Fsp3) is 0.120. The van der Waals surface area contributed by atoms with E-state index in [0.29, 0.717) is 5.11 Å². The van der Waals surface area contributed by atoms with E-state index in [1.165, 1.54) is 5.56 Å². The summed E-state index contributed by atoms with van der Waals surface area (Å²) in [5.41, 5.74) is 3.89. The van der Waals surface area contributed by atoms with Crippen LogP contribution in [0.2, 0.25) is 0 Å². The van der Waals surface area contributed by atoms with Crippen molar-refractivity contribution < 1.29 is 9.52 Å². The molecular formula is C25H20BrN3O2S. The SMILES string of the molecule is Cc1ccc(-c2ccc([C@H]3[C@@H](c4ccccn4)NC(=S)N3c3ccc(O)cc3)o2)c(Br)c1. The summed E-state index contributed by atoms with van der Waals surface area (Å²) in [5.74, 6) is 1.74. The van der Waals surface area contributed by atoms with Crippen LogP contribution in [0.4, 0.5) is 5.69 Å². The van der Waals surface area contributed by atoms with Crippen LogP contribution in [0.3, 0.4) is 0 Å². The van der Waals surface area contributed by atoms with Gasteiger partial charge in [-0.25, -0.2) is 0 Å². The minimum absolute atomic E-state index is 0.196. The molecular weight excluding hydrogens is 486 g/mol. The molecule has 5 rings (SSSR count). The maximum absolute atomic E-state index is 9.75. The highest BCUT2D eigenvalue weighted by atomic mass is 79.9. The van der Waals surface area contributed by atoms with Crippen molar-refractivity contribution in [2.24, 2.45) is 0 Å². The van der Waals surface area contributed by atoms with Gasteiger partial charge in [-0.2, -0.15) is 0 Å². The number of rotatable bonds is 4. The number of aromatic nitrogens is 1. The van der Waals surface area contributed by atoms with Crippen molar-refractivity contribution >= 4 is 38.9 Å². The highest BCUT2D eigenvalue weighted by Gasteiger charge is 2.42. The number of hydrogen-bond donors (Lipinski definition) is 2. The smallest absolute Gasteiger partial charge is 0.174 e. The molecule has 32 heavy (non-hydrogen) atoms. The second-order valence-electron chi connectivity index (χ2n) is 7.70. The number of phenolic OH excluding ortho intramolecular Hbond substituents is 1. The van der Waals surface area contributed by atoms with E-state index in [1.54, 1.807) is 18.3 Å². The zero-order valence-electron chi connectivity index (χ0n) is 17.2. The molecule has 7 heteroatoms. The third-order valence-corrected chi connectivity index (χ3v) is 6.50. The van der Waals surface area contributed by atoms with E-state index in [0.717, 1.165) is 32.9 Å². The molecule has 0 amide bonds. The maximum Gasteiger partial charge on any atom is 0.174 e. The summed E-state index contributed by atoms with van der Waals surface area (Å²) < 4.78 is 7.38. The molecule has 0 radical (unpaired) electrons. The van der Waals surface area contributed by atoms with Crippen molar-refractivity contribution in [1.29, 1.82) is 0 Å². The molecule has 3 heterocycles. The number of aromatic hydroxyl groups is 1. The van der Waals surface area contributed by atoms with Crippen LogP contribution in [0.15, 0.2) is 87.9 Å². The van der Waals surface area contributed by atoms with Gasteiger partial charge in [0.1, 0.15) is 23.3 Å². The van der Waals surface area contributed by atoms with Crippen molar-refractivity contribution in [2.75, 3.05) is 4.90 Å². The number of nitrogens with zero attached hydrogens (tertiary/aromatic N) is 2. The maximum atomic E-state index is 9.75. The van der Waals surface area contributed by atoms with Gasteiger partial charge in [0.15, 0.2) is 5.11 Å². The van der Waals surface area contributed by atoms with E-state index >= 15 is 0 Å². The van der Waals surface area contributed by atoms with E-state index in [9.17, 15) is 5.11 Å². The molecule has 1 aliphatic rings. The minimum Gasteiger partial charge on any atom is -0.508 e. The summed E-state index contributed by atoms with van der Waals surface area (Å²) in [4.78, 5) is 6.58. The number of hydrogen-bond acceptors (Lipinski definition) is 4. The lowest BCUT2D eigenvalue weighted by Crippen LogP contribution is -2.29. The Morgan fingerprint density at radius 3 is 2.59 bits per heavy atom. The van der Waals surface area contributed by atoms with Gasteiger partial charge in [-0.3, -0.25) is 4.98 Å². The lowest BCUT2D eigenvalue weighted by atomic mass is 10.0. The molecule has 5 nitrogen and oxygen atoms in total. The summed E-state index contributed by atoms with van der Waals surface area (Å²) in [6.45, 7) is 2.06. The molecule has 2 atom stereocenters. The van der Waals surface area contributed by atoms with E-state index in [-0.39, 0.29) is 17.8 Å². The Morgan fingerprint density at radius 2 is 1.88 bits per heavy atom. The van der Waals surface area contributed by atoms with Crippen LogP contribution in [0.5, 0.6) is 5.75 Å². The van der Waals surface area contributed by atoms with Crippen LogP contribution in [-0.2, 0) is 0 Å². The molecule has 0 saturated carbocycles. The van der Waals surface area contributed by atoms with Gasteiger partial charge in [-0.15, -0.1) is 0 Å². The van der Waals surface area contributed by atoms with Crippen molar-refractivity contribution in [1.82, 2.24) is 10.3 Å². The number of thiocarbonyl (C=S) groups is 1. The Morgan fingerprint density at radius 1 is 1.06 bits per heavy atom. The van der Waals surface area contributed by atoms with Gasteiger partial charge in [0.2, 0.25) is 0 Å². The van der Waals surface area contributed by atoms with Crippen LogP contribution >= 0.6 is 28.1 Å². The zero-order chi connectivity index (χ0) is 22.2. The zero-order valence-corrected chi connectivity index (χ0v) is 19.6. The summed E-state index contributed by atoms with van der Waals surface area (Å²) in [6.07, 6.45) is 1.78. The molecule has 0 aliphatic carbocycles. The summed E-state index contributed by atoms with van der Waals surface area (Å²) in [6, 6.07) is 22.5. The first-order valence-electron chi connectivity index (χ1n) is 10.2. The Labute approximate surface area is 199 Å². The van der Waals surface area contributed by atoms with Crippen LogP contribution in [-0.4, -0.2) is 15.2 Å². The van der Waals surface area contributed by atoms with Crippen LogP contribution in [0, 0.1) is 6.92 Å². The molecule has 160 valence electrons. The van der Waals surface area contributed by atoms with Crippen molar-refractivity contribution in [3.8, 4) is 17.1 Å². The van der Waals surface area contributed by atoms with Gasteiger partial charge in [0.05, 0.1) is 11.7 Å². The fourth-order valence-corrected chi connectivity index (χ4v) is 5.05. The van der Waals surface area contributed by atoms with E-state index in [4.69, 9.17) is 16.6 Å². The molecule has 2 N–H and O–H groups in total. The van der Waals surface area contributed by atoms with Gasteiger partial charge in [-0.1, -0.05) is 28.1 Å². The molecule has 0 bridgehead atoms. The number of furan rings is 1. The highest BCUT2D eigenvalue weighted by Crippen LogP contribution is 2.43. The predicted octanol–water partition coefficient (Wildman–Crippen LogP) is 6.30. The molecule has 0 unspecified atom stereocenters. The summed E-state index contributed by atoms with van der Waals surface area (Å²) in [5, 5.41) is 13.7. The molecule has 2 aromatic heterocycles. The lowest BCUT2D eigenvalue weighted by Gasteiger charge is -2.26. The summed E-state index contributed by atoms with van der Waals surface area (Å²) >= 11 is 9.37. The van der Waals surface area contributed by atoms with Gasteiger partial charge >= 0.3 is 0 Å².